The fourth-order valence-electron chi connectivity index (χ4n) is 2.14. The van der Waals surface area contributed by atoms with Crippen LogP contribution < -0.4 is 10.6 Å². The van der Waals surface area contributed by atoms with Gasteiger partial charge >= 0.3 is 5.97 Å². The summed E-state index contributed by atoms with van der Waals surface area (Å²) in [6.45, 7) is 4.30. The first-order valence-corrected chi connectivity index (χ1v) is 9.39. The lowest BCUT2D eigenvalue weighted by molar-refractivity contribution is -0.137. The second-order valence-electron chi connectivity index (χ2n) is 4.81. The molecule has 2 aromatic rings. The molecule has 0 unspecified atom stereocenters. The van der Waals surface area contributed by atoms with Gasteiger partial charge in [0, 0.05) is 19.3 Å². The molecule has 0 heterocycles. The molecule has 0 saturated carbocycles. The highest BCUT2D eigenvalue weighted by Crippen LogP contribution is 2.43. The van der Waals surface area contributed by atoms with Crippen LogP contribution in [0, 0.1) is 0 Å². The Morgan fingerprint density at radius 3 is 2.00 bits per heavy atom. The molecule has 0 aliphatic rings. The predicted molar refractivity (Wildman–Crippen MR) is 93.2 cm³/mol. The summed E-state index contributed by atoms with van der Waals surface area (Å²) in [5, 5.41) is 2.35. The Morgan fingerprint density at radius 2 is 1.55 bits per heavy atom. The third kappa shape index (κ3) is 3.96. The van der Waals surface area contributed by atoms with Crippen molar-refractivity contribution in [1.29, 1.82) is 0 Å². The summed E-state index contributed by atoms with van der Waals surface area (Å²) in [7, 11) is -1.92. The van der Waals surface area contributed by atoms with Crippen molar-refractivity contribution in [2.45, 2.75) is 6.92 Å². The Labute approximate surface area is 131 Å². The first-order chi connectivity index (χ1) is 10.7. The highest BCUT2D eigenvalue weighted by molar-refractivity contribution is 7.80. The van der Waals surface area contributed by atoms with Gasteiger partial charge in [-0.15, -0.1) is 0 Å². The lowest BCUT2D eigenvalue weighted by atomic mass is 10.4. The number of carbonyl (C=O) groups is 1. The van der Waals surface area contributed by atoms with E-state index in [0.29, 0.717) is 6.61 Å². The Balaban J connectivity index is 2.45. The molecule has 0 N–H and O–H groups in total. The van der Waals surface area contributed by atoms with E-state index < -0.39 is 7.05 Å². The number of rotatable bonds is 5. The third-order valence-electron chi connectivity index (χ3n) is 3.31. The predicted octanol–water partition coefficient (Wildman–Crippen LogP) is 3.55. The molecule has 2 rings (SSSR count). The van der Waals surface area contributed by atoms with Gasteiger partial charge in [-0.1, -0.05) is 60.7 Å². The van der Waals surface area contributed by atoms with Crippen molar-refractivity contribution >= 4 is 23.6 Å². The van der Waals surface area contributed by atoms with E-state index in [1.807, 2.05) is 36.4 Å². The van der Waals surface area contributed by atoms with Crippen molar-refractivity contribution < 1.29 is 9.53 Å². The molecule has 0 saturated heterocycles. The highest BCUT2D eigenvalue weighted by atomic mass is 31.2. The molecule has 0 spiro atoms. The van der Waals surface area contributed by atoms with Gasteiger partial charge < -0.3 is 4.74 Å². The molecule has 0 aliphatic carbocycles. The van der Waals surface area contributed by atoms with Gasteiger partial charge in [0.05, 0.1) is 6.61 Å². The van der Waals surface area contributed by atoms with Crippen molar-refractivity contribution in [2.24, 2.45) is 4.74 Å². The SMILES string of the molecule is CCOC(=O)/C=C/N=P(C)(c1ccccc1)c1ccccc1. The van der Waals surface area contributed by atoms with E-state index in [0.717, 1.165) is 0 Å². The normalized spacial score (nSPS) is 11.4. The quantitative estimate of drug-likeness (QED) is 0.481. The number of benzene rings is 2. The lowest BCUT2D eigenvalue weighted by Crippen LogP contribution is -2.14. The third-order valence-corrected chi connectivity index (χ3v) is 6.52. The van der Waals surface area contributed by atoms with E-state index in [4.69, 9.17) is 9.48 Å². The lowest BCUT2D eigenvalue weighted by Gasteiger charge is -2.20. The first-order valence-electron chi connectivity index (χ1n) is 7.20. The molecule has 0 aromatic heterocycles. The van der Waals surface area contributed by atoms with E-state index in [1.165, 1.54) is 16.7 Å². The van der Waals surface area contributed by atoms with Crippen LogP contribution >= 0.6 is 7.05 Å². The van der Waals surface area contributed by atoms with Crippen LogP contribution in [-0.4, -0.2) is 19.2 Å². The van der Waals surface area contributed by atoms with Crippen molar-refractivity contribution in [3.8, 4) is 0 Å². The van der Waals surface area contributed by atoms with Crippen LogP contribution in [0.15, 0.2) is 77.7 Å². The monoisotopic (exact) mass is 313 g/mol. The molecule has 0 fully saturated rings. The molecule has 114 valence electrons. The maximum absolute atomic E-state index is 11.4. The van der Waals surface area contributed by atoms with Crippen molar-refractivity contribution in [3.63, 3.8) is 0 Å². The van der Waals surface area contributed by atoms with Crippen LogP contribution in [0.3, 0.4) is 0 Å². The number of esters is 1. The molecule has 0 atom stereocenters. The molecular weight excluding hydrogens is 293 g/mol. The summed E-state index contributed by atoms with van der Waals surface area (Å²) in [6.07, 6.45) is 2.96. The van der Waals surface area contributed by atoms with Crippen LogP contribution in [0.4, 0.5) is 0 Å². The van der Waals surface area contributed by atoms with Crippen LogP contribution in [-0.2, 0) is 9.53 Å². The number of carbonyl (C=O) groups excluding carboxylic acids is 1. The second-order valence-corrected chi connectivity index (χ2v) is 8.00. The fourth-order valence-corrected chi connectivity index (χ4v) is 4.54. The maximum Gasteiger partial charge on any atom is 0.332 e. The summed E-state index contributed by atoms with van der Waals surface area (Å²) in [4.78, 5) is 11.4. The zero-order chi connectivity index (χ0) is 15.8. The van der Waals surface area contributed by atoms with Crippen LogP contribution in [0.25, 0.3) is 0 Å². The smallest absolute Gasteiger partial charge is 0.332 e. The number of hydrogen-bond acceptors (Lipinski definition) is 3. The fraction of sp³-hybridized carbons (Fsp3) is 0.167. The van der Waals surface area contributed by atoms with E-state index in [-0.39, 0.29) is 5.97 Å². The van der Waals surface area contributed by atoms with Crippen molar-refractivity contribution in [3.05, 3.63) is 72.9 Å². The second kappa shape index (κ2) is 7.77. The molecule has 0 amide bonds. The van der Waals surface area contributed by atoms with Crippen LogP contribution in [0.2, 0.25) is 0 Å². The average molecular weight is 313 g/mol. The van der Waals surface area contributed by atoms with Gasteiger partial charge in [0.2, 0.25) is 0 Å². The number of nitrogens with zero attached hydrogens (tertiary/aromatic N) is 1. The van der Waals surface area contributed by atoms with Crippen LogP contribution in [0.1, 0.15) is 6.92 Å². The minimum absolute atomic E-state index is 0.362. The Hall–Kier alpha value is -2.12. The molecule has 3 nitrogen and oxygen atoms in total. The van der Waals surface area contributed by atoms with Gasteiger partial charge in [0.15, 0.2) is 0 Å². The van der Waals surface area contributed by atoms with Crippen LogP contribution in [0.5, 0.6) is 0 Å². The van der Waals surface area contributed by atoms with Gasteiger partial charge in [0.1, 0.15) is 0 Å². The number of hydrogen-bond donors (Lipinski definition) is 0. The largest absolute Gasteiger partial charge is 0.463 e. The molecular formula is C18H20NO2P. The zero-order valence-electron chi connectivity index (χ0n) is 12.8. The van der Waals surface area contributed by atoms with E-state index in [9.17, 15) is 4.79 Å². The molecule has 0 bridgehead atoms. The van der Waals surface area contributed by atoms with Gasteiger partial charge in [-0.25, -0.2) is 4.79 Å². The summed E-state index contributed by atoms with van der Waals surface area (Å²) in [5.41, 5.74) is 0. The summed E-state index contributed by atoms with van der Waals surface area (Å²) >= 11 is 0. The van der Waals surface area contributed by atoms with Gasteiger partial charge in [-0.05, 0) is 24.2 Å². The van der Waals surface area contributed by atoms with E-state index in [1.54, 1.807) is 13.1 Å². The molecule has 0 radical (unpaired) electrons. The van der Waals surface area contributed by atoms with Gasteiger partial charge in [-0.2, -0.15) is 0 Å². The molecule has 22 heavy (non-hydrogen) atoms. The van der Waals surface area contributed by atoms with E-state index >= 15 is 0 Å². The van der Waals surface area contributed by atoms with Gasteiger partial charge in [-0.3, -0.25) is 4.74 Å². The minimum Gasteiger partial charge on any atom is -0.463 e. The van der Waals surface area contributed by atoms with E-state index in [2.05, 4.69) is 30.9 Å². The minimum atomic E-state index is -1.92. The number of ether oxygens (including phenoxy) is 1. The summed E-state index contributed by atoms with van der Waals surface area (Å²) < 4.78 is 9.64. The molecule has 0 aliphatic heterocycles. The maximum atomic E-state index is 11.4. The highest BCUT2D eigenvalue weighted by Gasteiger charge is 2.17. The Kier molecular flexibility index (Phi) is 5.74. The summed E-state index contributed by atoms with van der Waals surface area (Å²) in [5.74, 6) is -0.362. The Bertz CT molecular complexity index is 650. The Morgan fingerprint density at radius 1 is 1.05 bits per heavy atom. The summed E-state index contributed by atoms with van der Waals surface area (Å²) in [6, 6.07) is 20.4. The van der Waals surface area contributed by atoms with Gasteiger partial charge in [0.25, 0.3) is 0 Å². The zero-order valence-corrected chi connectivity index (χ0v) is 13.7. The molecule has 2 aromatic carbocycles. The topological polar surface area (TPSA) is 38.7 Å². The first kappa shape index (κ1) is 16.3. The standard InChI is InChI=1S/C18H20NO2P/c1-3-21-18(20)14-15-19-22(2,16-10-6-4-7-11-16)17-12-8-5-9-13-17/h4-15H,3H2,1-2H3/b15-14+. The van der Waals surface area contributed by atoms with Crippen molar-refractivity contribution in [2.75, 3.05) is 13.3 Å². The van der Waals surface area contributed by atoms with Crippen molar-refractivity contribution in [1.82, 2.24) is 0 Å². The molecule has 4 heteroatoms. The average Bonchev–Trinajstić information content (AvgIpc) is 2.56.